The summed E-state index contributed by atoms with van der Waals surface area (Å²) in [7, 11) is 0. The molecule has 0 saturated carbocycles. The van der Waals surface area contributed by atoms with E-state index in [1.54, 1.807) is 0 Å². The summed E-state index contributed by atoms with van der Waals surface area (Å²) in [6.45, 7) is 4.60. The number of carbonyl (C=O) groups is 2. The average Bonchev–Trinajstić information content (AvgIpc) is 2.31. The van der Waals surface area contributed by atoms with Crippen LogP contribution in [0.25, 0.3) is 0 Å². The van der Waals surface area contributed by atoms with E-state index in [1.165, 1.54) is 6.92 Å². The fourth-order valence-corrected chi connectivity index (χ4v) is 1.26. The summed E-state index contributed by atoms with van der Waals surface area (Å²) in [5.74, 6) is -2.25. The monoisotopic (exact) mass is 326 g/mol. The van der Waals surface area contributed by atoms with Crippen molar-refractivity contribution in [3.8, 4) is 0 Å². The highest BCUT2D eigenvalue weighted by atomic mass is 35.5. The van der Waals surface area contributed by atoms with Crippen LogP contribution in [0.1, 0.15) is 17.4 Å². The van der Waals surface area contributed by atoms with Gasteiger partial charge in [0.15, 0.2) is 10.8 Å². The lowest BCUT2D eigenvalue weighted by Crippen LogP contribution is -2.04. The van der Waals surface area contributed by atoms with Crippen molar-refractivity contribution in [3.05, 3.63) is 33.0 Å². The largest absolute Gasteiger partial charge is 0.478 e. The quantitative estimate of drug-likeness (QED) is 0.568. The zero-order chi connectivity index (χ0) is 15.3. The molecule has 0 radical (unpaired) electrons. The van der Waals surface area contributed by atoms with E-state index in [4.69, 9.17) is 50.7 Å². The lowest BCUT2D eigenvalue weighted by atomic mass is 10.3. The molecule has 4 N–H and O–H groups in total. The molecule has 0 unspecified atom stereocenters. The number of carboxylic acids is 2. The Hall–Kier alpha value is -1.50. The zero-order valence-corrected chi connectivity index (χ0v) is 11.8. The number of halogens is 3. The summed E-state index contributed by atoms with van der Waals surface area (Å²) >= 11 is 16.6. The number of hydrogen-bond donors (Lipinski definition) is 3. The minimum Gasteiger partial charge on any atom is -0.478 e. The molecule has 0 saturated heterocycles. The fraction of sp³-hybridized carbons (Fsp3) is 0.100. The Balaban J connectivity index is 0.000000459. The van der Waals surface area contributed by atoms with E-state index in [9.17, 15) is 9.59 Å². The third kappa shape index (κ3) is 4.94. The van der Waals surface area contributed by atoms with Gasteiger partial charge in [0, 0.05) is 5.57 Å². The number of carboxylic acid groups (broad SMARTS) is 2. The Morgan fingerprint density at radius 3 is 1.95 bits per heavy atom. The molecular weight excluding hydrogens is 318 g/mol. The lowest BCUT2D eigenvalue weighted by molar-refractivity contribution is -0.132. The molecule has 19 heavy (non-hydrogen) atoms. The summed E-state index contributed by atoms with van der Waals surface area (Å²) in [5, 5.41) is 16.1. The number of aromatic carboxylic acids is 1. The molecule has 0 spiro atoms. The van der Waals surface area contributed by atoms with Gasteiger partial charge >= 0.3 is 11.9 Å². The Labute approximate surface area is 123 Å². The molecule has 9 heteroatoms. The Morgan fingerprint density at radius 2 is 1.63 bits per heavy atom. The summed E-state index contributed by atoms with van der Waals surface area (Å²) in [4.78, 5) is 23.6. The Morgan fingerprint density at radius 1 is 1.21 bits per heavy atom. The van der Waals surface area contributed by atoms with Gasteiger partial charge in [-0.25, -0.2) is 14.6 Å². The molecular formula is C10H9Cl3N2O4. The fourth-order valence-electron chi connectivity index (χ4n) is 0.673. The van der Waals surface area contributed by atoms with Crippen molar-refractivity contribution in [2.75, 3.05) is 5.73 Å². The molecule has 0 bridgehead atoms. The molecule has 1 rings (SSSR count). The van der Waals surface area contributed by atoms with E-state index in [2.05, 4.69) is 11.6 Å². The van der Waals surface area contributed by atoms with Gasteiger partial charge in [0.2, 0.25) is 0 Å². The molecule has 104 valence electrons. The van der Waals surface area contributed by atoms with Crippen LogP contribution in [0, 0.1) is 0 Å². The number of anilines is 1. The van der Waals surface area contributed by atoms with Crippen molar-refractivity contribution in [1.82, 2.24) is 4.98 Å². The normalized spacial score (nSPS) is 9.26. The van der Waals surface area contributed by atoms with E-state index in [1.807, 2.05) is 0 Å². The zero-order valence-electron chi connectivity index (χ0n) is 9.58. The third-order valence-electron chi connectivity index (χ3n) is 1.64. The smallest absolute Gasteiger partial charge is 0.356 e. The van der Waals surface area contributed by atoms with E-state index in [0.29, 0.717) is 0 Å². The highest BCUT2D eigenvalue weighted by molar-refractivity contribution is 6.46. The van der Waals surface area contributed by atoms with Crippen LogP contribution in [0.4, 0.5) is 5.69 Å². The number of pyridine rings is 1. The molecule has 1 aromatic rings. The van der Waals surface area contributed by atoms with Gasteiger partial charge in [-0.05, 0) is 6.92 Å². The molecule has 0 amide bonds. The van der Waals surface area contributed by atoms with Crippen LogP contribution in [-0.4, -0.2) is 27.1 Å². The minimum absolute atomic E-state index is 0.0448. The van der Waals surface area contributed by atoms with Crippen LogP contribution in [-0.2, 0) is 4.79 Å². The lowest BCUT2D eigenvalue weighted by Gasteiger charge is -2.04. The molecule has 0 aliphatic heterocycles. The van der Waals surface area contributed by atoms with E-state index in [0.717, 1.165) is 0 Å². The summed E-state index contributed by atoms with van der Waals surface area (Å²) in [6, 6.07) is 0. The van der Waals surface area contributed by atoms with Crippen LogP contribution in [0.3, 0.4) is 0 Å². The molecule has 6 nitrogen and oxygen atoms in total. The Bertz CT molecular complexity index is 534. The SMILES string of the molecule is C=C(C)C(=O)O.Nc1c(Cl)c(Cl)nc(C(=O)O)c1Cl. The molecule has 1 heterocycles. The van der Waals surface area contributed by atoms with Crippen LogP contribution in [0.5, 0.6) is 0 Å². The van der Waals surface area contributed by atoms with Crippen LogP contribution < -0.4 is 5.73 Å². The first-order chi connectivity index (χ1) is 8.59. The molecule has 0 atom stereocenters. The van der Waals surface area contributed by atoms with Gasteiger partial charge < -0.3 is 15.9 Å². The molecule has 0 aliphatic rings. The Kier molecular flexibility index (Phi) is 6.61. The second-order valence-corrected chi connectivity index (χ2v) is 4.30. The number of hydrogen-bond acceptors (Lipinski definition) is 4. The minimum atomic E-state index is -1.31. The summed E-state index contributed by atoms with van der Waals surface area (Å²) in [6.07, 6.45) is 0. The van der Waals surface area contributed by atoms with Crippen molar-refractivity contribution in [1.29, 1.82) is 0 Å². The van der Waals surface area contributed by atoms with Gasteiger partial charge in [0.05, 0.1) is 10.7 Å². The molecule has 1 aromatic heterocycles. The maximum atomic E-state index is 10.5. The number of aliphatic carboxylic acids is 1. The van der Waals surface area contributed by atoms with Crippen molar-refractivity contribution in [3.63, 3.8) is 0 Å². The predicted octanol–water partition coefficient (Wildman–Crippen LogP) is 2.97. The summed E-state index contributed by atoms with van der Waals surface area (Å²) in [5.41, 5.74) is 5.05. The number of nitrogens with two attached hydrogens (primary N) is 1. The van der Waals surface area contributed by atoms with Crippen molar-refractivity contribution in [2.45, 2.75) is 6.92 Å². The van der Waals surface area contributed by atoms with Crippen molar-refractivity contribution < 1.29 is 19.8 Å². The van der Waals surface area contributed by atoms with Crippen molar-refractivity contribution in [2.24, 2.45) is 0 Å². The average molecular weight is 328 g/mol. The topological polar surface area (TPSA) is 114 Å². The van der Waals surface area contributed by atoms with Crippen LogP contribution >= 0.6 is 34.8 Å². The summed E-state index contributed by atoms with van der Waals surface area (Å²) < 4.78 is 0. The number of nitrogen functional groups attached to an aromatic ring is 1. The molecule has 0 aromatic carbocycles. The first-order valence-electron chi connectivity index (χ1n) is 4.51. The van der Waals surface area contributed by atoms with Gasteiger partial charge in [-0.3, -0.25) is 0 Å². The van der Waals surface area contributed by atoms with Crippen molar-refractivity contribution >= 4 is 52.4 Å². The predicted molar refractivity (Wildman–Crippen MR) is 73.1 cm³/mol. The van der Waals surface area contributed by atoms with Gasteiger partial charge in [-0.15, -0.1) is 0 Å². The van der Waals surface area contributed by atoms with E-state index >= 15 is 0 Å². The van der Waals surface area contributed by atoms with Gasteiger partial charge in [0.25, 0.3) is 0 Å². The third-order valence-corrected chi connectivity index (χ3v) is 2.78. The van der Waals surface area contributed by atoms with Gasteiger partial charge in [-0.1, -0.05) is 41.4 Å². The first-order valence-corrected chi connectivity index (χ1v) is 5.65. The van der Waals surface area contributed by atoms with E-state index in [-0.39, 0.29) is 26.5 Å². The number of nitrogens with zero attached hydrogens (tertiary/aromatic N) is 1. The second kappa shape index (κ2) is 7.18. The van der Waals surface area contributed by atoms with E-state index < -0.39 is 17.6 Å². The number of rotatable bonds is 2. The second-order valence-electron chi connectivity index (χ2n) is 3.18. The number of aromatic nitrogens is 1. The van der Waals surface area contributed by atoms with Crippen LogP contribution in [0.15, 0.2) is 12.2 Å². The van der Waals surface area contributed by atoms with Gasteiger partial charge in [0.1, 0.15) is 5.02 Å². The highest BCUT2D eigenvalue weighted by Crippen LogP contribution is 2.34. The van der Waals surface area contributed by atoms with Gasteiger partial charge in [-0.2, -0.15) is 0 Å². The maximum Gasteiger partial charge on any atom is 0.356 e. The van der Waals surface area contributed by atoms with Crippen LogP contribution in [0.2, 0.25) is 15.2 Å². The maximum absolute atomic E-state index is 10.5. The highest BCUT2D eigenvalue weighted by Gasteiger charge is 2.18. The first kappa shape index (κ1) is 17.5. The molecule has 0 fully saturated rings. The molecule has 0 aliphatic carbocycles. The standard InChI is InChI=1S/C6H3Cl3N2O2.C4H6O2/c7-1-3(10)2(8)5(9)11-4(1)6(12)13;1-3(2)4(5)6/h(H2,10,11)(H,12,13);1H2,2H3,(H,5,6).